The fourth-order valence-electron chi connectivity index (χ4n) is 3.10. The van der Waals surface area contributed by atoms with Crippen molar-refractivity contribution in [3.8, 4) is 0 Å². The van der Waals surface area contributed by atoms with Gasteiger partial charge in [0.15, 0.2) is 0 Å². The molecule has 3 aromatic rings. The number of nitrogens with zero attached hydrogens (tertiary/aromatic N) is 1. The van der Waals surface area contributed by atoms with Crippen molar-refractivity contribution in [1.29, 1.82) is 0 Å². The number of benzene rings is 3. The standard InChI is InChI=1S/C25H25N3O2/c1-3-17-28(21-13-8-5-9-14-21)24(29)18-26-22-15-10-16-23(19(22)2)27-25(30)20-11-6-4-7-12-20/h3-16,26H,1,17-18H2,2H3,(H,27,30). The average molecular weight is 399 g/mol. The highest BCUT2D eigenvalue weighted by molar-refractivity contribution is 6.05. The zero-order chi connectivity index (χ0) is 21.3. The molecule has 0 aromatic heterocycles. The molecule has 0 saturated carbocycles. The SMILES string of the molecule is C=CCN(C(=O)CNc1cccc(NC(=O)c2ccccc2)c1C)c1ccccc1. The molecule has 0 aliphatic rings. The fourth-order valence-corrected chi connectivity index (χ4v) is 3.10. The van der Waals surface area contributed by atoms with Gasteiger partial charge in [-0.15, -0.1) is 6.58 Å². The van der Waals surface area contributed by atoms with Crippen LogP contribution in [0.1, 0.15) is 15.9 Å². The Morgan fingerprint density at radius 3 is 2.20 bits per heavy atom. The molecule has 0 unspecified atom stereocenters. The smallest absolute Gasteiger partial charge is 0.255 e. The van der Waals surface area contributed by atoms with Crippen molar-refractivity contribution in [2.45, 2.75) is 6.92 Å². The molecule has 0 fully saturated rings. The van der Waals surface area contributed by atoms with Crippen molar-refractivity contribution in [3.63, 3.8) is 0 Å². The molecule has 0 bridgehead atoms. The molecule has 5 heteroatoms. The second-order valence-electron chi connectivity index (χ2n) is 6.78. The van der Waals surface area contributed by atoms with Crippen molar-refractivity contribution in [2.75, 3.05) is 28.6 Å². The zero-order valence-corrected chi connectivity index (χ0v) is 17.0. The highest BCUT2D eigenvalue weighted by Crippen LogP contribution is 2.24. The van der Waals surface area contributed by atoms with E-state index in [2.05, 4.69) is 17.2 Å². The molecule has 0 saturated heterocycles. The maximum Gasteiger partial charge on any atom is 0.255 e. The van der Waals surface area contributed by atoms with E-state index < -0.39 is 0 Å². The molecule has 5 nitrogen and oxygen atoms in total. The number of carbonyl (C=O) groups is 2. The van der Waals surface area contributed by atoms with E-state index in [4.69, 9.17) is 0 Å². The Balaban J connectivity index is 1.69. The van der Waals surface area contributed by atoms with E-state index in [0.29, 0.717) is 17.8 Å². The van der Waals surface area contributed by atoms with Crippen LogP contribution in [-0.4, -0.2) is 24.9 Å². The molecule has 2 N–H and O–H groups in total. The summed E-state index contributed by atoms with van der Waals surface area (Å²) in [6, 6.07) is 24.1. The molecule has 0 atom stereocenters. The Labute approximate surface area is 177 Å². The quantitative estimate of drug-likeness (QED) is 0.531. The van der Waals surface area contributed by atoms with Crippen LogP contribution in [0.15, 0.2) is 91.5 Å². The number of hydrogen-bond acceptors (Lipinski definition) is 3. The van der Waals surface area contributed by atoms with Gasteiger partial charge in [0.05, 0.1) is 6.54 Å². The normalized spacial score (nSPS) is 10.2. The van der Waals surface area contributed by atoms with Crippen LogP contribution in [-0.2, 0) is 4.79 Å². The molecule has 30 heavy (non-hydrogen) atoms. The first-order valence-corrected chi connectivity index (χ1v) is 9.76. The van der Waals surface area contributed by atoms with Crippen molar-refractivity contribution in [2.24, 2.45) is 0 Å². The van der Waals surface area contributed by atoms with E-state index >= 15 is 0 Å². The third-order valence-electron chi connectivity index (χ3n) is 4.73. The van der Waals surface area contributed by atoms with Gasteiger partial charge in [0.1, 0.15) is 0 Å². The van der Waals surface area contributed by atoms with E-state index in [9.17, 15) is 9.59 Å². The summed E-state index contributed by atoms with van der Waals surface area (Å²) in [5, 5.41) is 6.13. The van der Waals surface area contributed by atoms with Crippen LogP contribution >= 0.6 is 0 Å². The molecule has 3 rings (SSSR count). The number of rotatable bonds is 8. The molecular weight excluding hydrogens is 374 g/mol. The van der Waals surface area contributed by atoms with Crippen LogP contribution in [0.25, 0.3) is 0 Å². The molecule has 0 spiro atoms. The topological polar surface area (TPSA) is 61.4 Å². The van der Waals surface area contributed by atoms with E-state index in [0.717, 1.165) is 16.9 Å². The van der Waals surface area contributed by atoms with Crippen LogP contribution < -0.4 is 15.5 Å². The average Bonchev–Trinajstić information content (AvgIpc) is 2.79. The number of anilines is 3. The lowest BCUT2D eigenvalue weighted by atomic mass is 10.1. The van der Waals surface area contributed by atoms with Gasteiger partial charge in [-0.1, -0.05) is 48.5 Å². The minimum absolute atomic E-state index is 0.0702. The van der Waals surface area contributed by atoms with Gasteiger partial charge in [-0.25, -0.2) is 0 Å². The lowest BCUT2D eigenvalue weighted by Gasteiger charge is -2.22. The van der Waals surface area contributed by atoms with Crippen LogP contribution in [0.4, 0.5) is 17.1 Å². The number of amides is 2. The van der Waals surface area contributed by atoms with Crippen LogP contribution in [0.2, 0.25) is 0 Å². The van der Waals surface area contributed by atoms with E-state index in [-0.39, 0.29) is 18.4 Å². The Morgan fingerprint density at radius 2 is 1.53 bits per heavy atom. The summed E-state index contributed by atoms with van der Waals surface area (Å²) in [4.78, 5) is 26.9. The summed E-state index contributed by atoms with van der Waals surface area (Å²) >= 11 is 0. The van der Waals surface area contributed by atoms with Gasteiger partial charge in [-0.05, 0) is 48.9 Å². The second-order valence-corrected chi connectivity index (χ2v) is 6.78. The Morgan fingerprint density at radius 1 is 0.900 bits per heavy atom. The third-order valence-corrected chi connectivity index (χ3v) is 4.73. The molecule has 0 radical (unpaired) electrons. The van der Waals surface area contributed by atoms with E-state index in [1.165, 1.54) is 0 Å². The number of hydrogen-bond donors (Lipinski definition) is 2. The number of carbonyl (C=O) groups excluding carboxylic acids is 2. The van der Waals surface area contributed by atoms with Crippen LogP contribution in [0, 0.1) is 6.92 Å². The molecule has 2 amide bonds. The lowest BCUT2D eigenvalue weighted by Crippen LogP contribution is -2.35. The first kappa shape index (κ1) is 20.9. The Hall–Kier alpha value is -3.86. The predicted octanol–water partition coefficient (Wildman–Crippen LogP) is 4.88. The van der Waals surface area contributed by atoms with Crippen LogP contribution in [0.5, 0.6) is 0 Å². The maximum absolute atomic E-state index is 12.8. The Bertz CT molecular complexity index is 1020. The first-order chi connectivity index (χ1) is 14.6. The van der Waals surface area contributed by atoms with Crippen molar-refractivity contribution in [3.05, 3.63) is 103 Å². The van der Waals surface area contributed by atoms with Gasteiger partial charge in [0, 0.05) is 29.2 Å². The summed E-state index contributed by atoms with van der Waals surface area (Å²) in [5.74, 6) is -0.243. The number of nitrogens with one attached hydrogen (secondary N) is 2. The van der Waals surface area contributed by atoms with E-state index in [1.807, 2.05) is 73.7 Å². The van der Waals surface area contributed by atoms with Gasteiger partial charge >= 0.3 is 0 Å². The van der Waals surface area contributed by atoms with Gasteiger partial charge in [0.25, 0.3) is 5.91 Å². The van der Waals surface area contributed by atoms with Gasteiger partial charge in [-0.2, -0.15) is 0 Å². The second kappa shape index (κ2) is 10.1. The third kappa shape index (κ3) is 5.14. The summed E-state index contributed by atoms with van der Waals surface area (Å²) < 4.78 is 0. The highest BCUT2D eigenvalue weighted by Gasteiger charge is 2.15. The summed E-state index contributed by atoms with van der Waals surface area (Å²) in [5.41, 5.74) is 3.77. The molecular formula is C25H25N3O2. The van der Waals surface area contributed by atoms with E-state index in [1.54, 1.807) is 23.1 Å². The minimum atomic E-state index is -0.173. The van der Waals surface area contributed by atoms with Crippen molar-refractivity contribution in [1.82, 2.24) is 0 Å². The molecule has 152 valence electrons. The molecule has 0 aliphatic carbocycles. The monoisotopic (exact) mass is 399 g/mol. The van der Waals surface area contributed by atoms with Gasteiger partial charge in [-0.3, -0.25) is 9.59 Å². The summed E-state index contributed by atoms with van der Waals surface area (Å²) in [7, 11) is 0. The molecule has 3 aromatic carbocycles. The van der Waals surface area contributed by atoms with Gasteiger partial charge in [0.2, 0.25) is 5.91 Å². The van der Waals surface area contributed by atoms with Crippen molar-refractivity contribution < 1.29 is 9.59 Å². The summed E-state index contributed by atoms with van der Waals surface area (Å²) in [6.45, 7) is 6.21. The van der Waals surface area contributed by atoms with Crippen molar-refractivity contribution >= 4 is 28.9 Å². The summed E-state index contributed by atoms with van der Waals surface area (Å²) in [6.07, 6.45) is 1.70. The zero-order valence-electron chi connectivity index (χ0n) is 17.0. The fraction of sp³-hybridized carbons (Fsp3) is 0.120. The molecule has 0 aliphatic heterocycles. The lowest BCUT2D eigenvalue weighted by molar-refractivity contribution is -0.116. The Kier molecular flexibility index (Phi) is 7.00. The highest BCUT2D eigenvalue weighted by atomic mass is 16.2. The van der Waals surface area contributed by atoms with Gasteiger partial charge < -0.3 is 15.5 Å². The first-order valence-electron chi connectivity index (χ1n) is 9.76. The minimum Gasteiger partial charge on any atom is -0.376 e. The van der Waals surface area contributed by atoms with Crippen LogP contribution in [0.3, 0.4) is 0 Å². The maximum atomic E-state index is 12.8. The predicted molar refractivity (Wildman–Crippen MR) is 123 cm³/mol. The molecule has 0 heterocycles. The largest absolute Gasteiger partial charge is 0.376 e. The number of para-hydroxylation sites is 1.